The zero-order valence-corrected chi connectivity index (χ0v) is 19.9. The Labute approximate surface area is 207 Å². The maximum Gasteiger partial charge on any atom is 0.356 e. The van der Waals surface area contributed by atoms with Crippen molar-refractivity contribution in [3.05, 3.63) is 93.9 Å². The summed E-state index contributed by atoms with van der Waals surface area (Å²) >= 11 is 0. The van der Waals surface area contributed by atoms with Crippen molar-refractivity contribution >= 4 is 22.6 Å². The van der Waals surface area contributed by atoms with Gasteiger partial charge in [-0.25, -0.2) is 4.79 Å². The average molecular weight is 485 g/mol. The Kier molecular flexibility index (Phi) is 6.16. The highest BCUT2D eigenvalue weighted by atomic mass is 16.7. The SMILES string of the molecule is Cc1ccc(-c2c(C(=O)OCC(=O)NCc3ccc4c(c3)OCO4)n(C)c(=O)c3ccccc23)cc1. The lowest BCUT2D eigenvalue weighted by Gasteiger charge is -2.17. The fourth-order valence-corrected chi connectivity index (χ4v) is 4.22. The summed E-state index contributed by atoms with van der Waals surface area (Å²) in [6.07, 6.45) is 0. The number of ether oxygens (including phenoxy) is 3. The fourth-order valence-electron chi connectivity index (χ4n) is 4.22. The number of nitrogens with one attached hydrogen (secondary N) is 1. The number of fused-ring (bicyclic) bond motifs is 2. The lowest BCUT2D eigenvalue weighted by atomic mass is 9.96. The van der Waals surface area contributed by atoms with E-state index in [9.17, 15) is 14.4 Å². The molecule has 8 nitrogen and oxygen atoms in total. The molecule has 3 aromatic carbocycles. The molecule has 1 N–H and O–H groups in total. The van der Waals surface area contributed by atoms with Crippen molar-refractivity contribution in [1.82, 2.24) is 9.88 Å². The minimum atomic E-state index is -0.755. The normalized spacial score (nSPS) is 11.9. The number of carbonyl (C=O) groups excluding carboxylic acids is 2. The number of aromatic nitrogens is 1. The van der Waals surface area contributed by atoms with Crippen LogP contribution in [0.1, 0.15) is 21.6 Å². The van der Waals surface area contributed by atoms with Crippen LogP contribution in [0.25, 0.3) is 21.9 Å². The number of hydrogen-bond acceptors (Lipinski definition) is 6. The Morgan fingerprint density at radius 1 is 0.972 bits per heavy atom. The van der Waals surface area contributed by atoms with Crippen LogP contribution in [0.4, 0.5) is 0 Å². The molecule has 2 heterocycles. The summed E-state index contributed by atoms with van der Waals surface area (Å²) in [6, 6.07) is 20.2. The van der Waals surface area contributed by atoms with Crippen molar-refractivity contribution < 1.29 is 23.8 Å². The highest BCUT2D eigenvalue weighted by molar-refractivity contribution is 6.07. The maximum absolute atomic E-state index is 13.2. The molecular formula is C28H24N2O6. The van der Waals surface area contributed by atoms with E-state index >= 15 is 0 Å². The molecule has 1 aliphatic rings. The average Bonchev–Trinajstić information content (AvgIpc) is 3.36. The van der Waals surface area contributed by atoms with E-state index in [0.717, 1.165) is 16.7 Å². The lowest BCUT2D eigenvalue weighted by molar-refractivity contribution is -0.124. The van der Waals surface area contributed by atoms with Crippen LogP contribution in [0.2, 0.25) is 0 Å². The molecule has 36 heavy (non-hydrogen) atoms. The Morgan fingerprint density at radius 3 is 2.47 bits per heavy atom. The van der Waals surface area contributed by atoms with Crippen molar-refractivity contribution in [3.8, 4) is 22.6 Å². The Balaban J connectivity index is 1.38. The molecular weight excluding hydrogens is 460 g/mol. The molecule has 5 rings (SSSR count). The van der Waals surface area contributed by atoms with Crippen LogP contribution in [0.5, 0.6) is 11.5 Å². The van der Waals surface area contributed by atoms with E-state index in [1.807, 2.05) is 43.3 Å². The van der Waals surface area contributed by atoms with Crippen LogP contribution < -0.4 is 20.3 Å². The Bertz CT molecular complexity index is 1540. The van der Waals surface area contributed by atoms with Gasteiger partial charge in [0.05, 0.1) is 0 Å². The van der Waals surface area contributed by atoms with E-state index in [1.165, 1.54) is 11.6 Å². The van der Waals surface area contributed by atoms with Crippen LogP contribution >= 0.6 is 0 Å². The summed E-state index contributed by atoms with van der Waals surface area (Å²) in [5.41, 5.74) is 3.01. The molecule has 0 aliphatic carbocycles. The van der Waals surface area contributed by atoms with Crippen molar-refractivity contribution in [2.75, 3.05) is 13.4 Å². The highest BCUT2D eigenvalue weighted by Gasteiger charge is 2.23. The van der Waals surface area contributed by atoms with Gasteiger partial charge in [-0.3, -0.25) is 9.59 Å². The molecule has 0 saturated carbocycles. The first-order valence-corrected chi connectivity index (χ1v) is 11.4. The third-order valence-corrected chi connectivity index (χ3v) is 6.10. The van der Waals surface area contributed by atoms with E-state index < -0.39 is 18.5 Å². The van der Waals surface area contributed by atoms with Gasteiger partial charge in [0.1, 0.15) is 5.69 Å². The molecule has 0 fully saturated rings. The van der Waals surface area contributed by atoms with E-state index in [0.29, 0.717) is 27.8 Å². The summed E-state index contributed by atoms with van der Waals surface area (Å²) in [4.78, 5) is 38.7. The molecule has 182 valence electrons. The smallest absolute Gasteiger partial charge is 0.356 e. The van der Waals surface area contributed by atoms with Crippen LogP contribution in [0.15, 0.2) is 71.5 Å². The van der Waals surface area contributed by atoms with E-state index in [4.69, 9.17) is 14.2 Å². The molecule has 1 amide bonds. The van der Waals surface area contributed by atoms with Gasteiger partial charge in [-0.2, -0.15) is 0 Å². The Hall–Kier alpha value is -4.59. The van der Waals surface area contributed by atoms with Gasteiger partial charge >= 0.3 is 5.97 Å². The minimum absolute atomic E-state index is 0.0890. The number of carbonyl (C=O) groups is 2. The zero-order valence-electron chi connectivity index (χ0n) is 19.9. The second-order valence-corrected chi connectivity index (χ2v) is 8.54. The first kappa shape index (κ1) is 23.2. The van der Waals surface area contributed by atoms with Gasteiger partial charge in [0.2, 0.25) is 6.79 Å². The molecule has 0 atom stereocenters. The van der Waals surface area contributed by atoms with E-state index in [-0.39, 0.29) is 24.6 Å². The summed E-state index contributed by atoms with van der Waals surface area (Å²) in [7, 11) is 1.53. The van der Waals surface area contributed by atoms with Crippen LogP contribution in [0.3, 0.4) is 0 Å². The van der Waals surface area contributed by atoms with Crippen LogP contribution in [-0.4, -0.2) is 29.8 Å². The van der Waals surface area contributed by atoms with Gasteiger partial charge in [-0.15, -0.1) is 0 Å². The predicted molar refractivity (Wildman–Crippen MR) is 134 cm³/mol. The summed E-state index contributed by atoms with van der Waals surface area (Å²) in [5.74, 6) is 0.0521. The molecule has 4 aromatic rings. The van der Waals surface area contributed by atoms with Crippen LogP contribution in [-0.2, 0) is 23.1 Å². The topological polar surface area (TPSA) is 95.9 Å². The number of aryl methyl sites for hydroxylation is 1. The summed E-state index contributed by atoms with van der Waals surface area (Å²) < 4.78 is 17.3. The molecule has 1 aromatic heterocycles. The monoisotopic (exact) mass is 484 g/mol. The number of pyridine rings is 1. The zero-order chi connectivity index (χ0) is 25.2. The number of hydrogen-bond donors (Lipinski definition) is 1. The first-order valence-electron chi connectivity index (χ1n) is 11.4. The molecule has 0 radical (unpaired) electrons. The second kappa shape index (κ2) is 9.58. The van der Waals surface area contributed by atoms with E-state index in [2.05, 4.69) is 5.32 Å². The number of rotatable bonds is 6. The summed E-state index contributed by atoms with van der Waals surface area (Å²) in [5, 5.41) is 3.86. The van der Waals surface area contributed by atoms with Crippen molar-refractivity contribution in [2.45, 2.75) is 13.5 Å². The van der Waals surface area contributed by atoms with Gasteiger partial charge in [0, 0.05) is 24.5 Å². The number of nitrogens with zero attached hydrogens (tertiary/aromatic N) is 1. The molecule has 0 unspecified atom stereocenters. The van der Waals surface area contributed by atoms with Crippen molar-refractivity contribution in [3.63, 3.8) is 0 Å². The predicted octanol–water partition coefficient (Wildman–Crippen LogP) is 3.72. The van der Waals surface area contributed by atoms with Crippen molar-refractivity contribution in [2.24, 2.45) is 7.05 Å². The van der Waals surface area contributed by atoms with Gasteiger partial charge in [0.15, 0.2) is 18.1 Å². The Morgan fingerprint density at radius 2 is 1.69 bits per heavy atom. The molecule has 1 aliphatic heterocycles. The summed E-state index contributed by atoms with van der Waals surface area (Å²) in [6.45, 7) is 1.89. The van der Waals surface area contributed by atoms with E-state index in [1.54, 1.807) is 30.3 Å². The molecule has 0 bridgehead atoms. The fraction of sp³-hybridized carbons (Fsp3) is 0.179. The minimum Gasteiger partial charge on any atom is -0.454 e. The molecule has 0 saturated heterocycles. The number of amides is 1. The number of benzene rings is 3. The standard InChI is InChI=1S/C28H24N2O6/c1-17-7-10-19(11-8-17)25-20-5-3-4-6-21(20)27(32)30(2)26(25)28(33)34-15-24(31)29-14-18-9-12-22-23(13-18)36-16-35-22/h3-13H,14-16H2,1-2H3,(H,29,31). The largest absolute Gasteiger partial charge is 0.454 e. The first-order chi connectivity index (χ1) is 17.4. The van der Waals surface area contributed by atoms with Gasteiger partial charge in [-0.1, -0.05) is 54.1 Å². The number of esters is 1. The van der Waals surface area contributed by atoms with Gasteiger partial charge in [-0.05, 0) is 41.6 Å². The maximum atomic E-state index is 13.2. The third-order valence-electron chi connectivity index (χ3n) is 6.10. The van der Waals surface area contributed by atoms with Crippen LogP contribution in [0, 0.1) is 6.92 Å². The second-order valence-electron chi connectivity index (χ2n) is 8.54. The quantitative estimate of drug-likeness (QED) is 0.419. The van der Waals surface area contributed by atoms with Gasteiger partial charge < -0.3 is 24.1 Å². The third kappa shape index (κ3) is 4.40. The van der Waals surface area contributed by atoms with Gasteiger partial charge in [0.25, 0.3) is 11.5 Å². The lowest BCUT2D eigenvalue weighted by Crippen LogP contribution is -2.30. The van der Waals surface area contributed by atoms with Crippen molar-refractivity contribution in [1.29, 1.82) is 0 Å². The molecule has 0 spiro atoms. The highest BCUT2D eigenvalue weighted by Crippen LogP contribution is 2.33. The molecule has 8 heteroatoms.